The molecule has 0 radical (unpaired) electrons. The third kappa shape index (κ3) is 3.25. The van der Waals surface area contributed by atoms with Crippen molar-refractivity contribution in [1.82, 2.24) is 10.4 Å². The van der Waals surface area contributed by atoms with E-state index in [4.69, 9.17) is 4.84 Å². The van der Waals surface area contributed by atoms with Gasteiger partial charge in [0.1, 0.15) is 0 Å². The number of hydrogen-bond donors (Lipinski definition) is 1. The Morgan fingerprint density at radius 2 is 1.94 bits per heavy atom. The molecule has 1 aliphatic rings. The van der Waals surface area contributed by atoms with Crippen LogP contribution in [0.3, 0.4) is 0 Å². The Morgan fingerprint density at radius 3 is 2.56 bits per heavy atom. The van der Waals surface area contributed by atoms with Crippen LogP contribution in [0.2, 0.25) is 0 Å². The maximum absolute atomic E-state index is 12.5. The number of carbonyl (C=O) groups excluding carboxylic acids is 1. The topological polar surface area (TPSA) is 50.8 Å². The molecular formula is C12H15FN2O3. The Bertz CT molecular complexity index is 382. The summed E-state index contributed by atoms with van der Waals surface area (Å²) in [6.07, 6.45) is -1.33. The van der Waals surface area contributed by atoms with E-state index in [9.17, 15) is 9.32 Å². The Morgan fingerprint density at radius 1 is 1.28 bits per heavy atom. The summed E-state index contributed by atoms with van der Waals surface area (Å²) >= 11 is 0. The number of halogens is 1. The predicted octanol–water partition coefficient (Wildman–Crippen LogP) is 0.992. The van der Waals surface area contributed by atoms with Gasteiger partial charge in [0.2, 0.25) is 6.10 Å². The maximum atomic E-state index is 12.5. The van der Waals surface area contributed by atoms with Crippen LogP contribution >= 0.6 is 0 Å². The highest BCUT2D eigenvalue weighted by Gasteiger charge is 2.27. The molecule has 1 N–H and O–H groups in total. The van der Waals surface area contributed by atoms with Gasteiger partial charge in [0.25, 0.3) is 0 Å². The molecule has 2 rings (SSSR count). The minimum atomic E-state index is -1.33. The summed E-state index contributed by atoms with van der Waals surface area (Å²) in [6.45, 7) is 2.64. The molecule has 0 spiro atoms. The van der Waals surface area contributed by atoms with Gasteiger partial charge in [0.05, 0.1) is 0 Å². The van der Waals surface area contributed by atoms with Crippen molar-refractivity contribution in [2.45, 2.75) is 6.10 Å². The molecule has 0 amide bonds. The fraction of sp³-hybridized carbons (Fsp3) is 0.417. The van der Waals surface area contributed by atoms with Gasteiger partial charge < -0.3 is 10.2 Å². The minimum Gasteiger partial charge on any atom is -0.365 e. The molecular weight excluding hydrogens is 239 g/mol. The molecule has 1 aliphatic heterocycles. The van der Waals surface area contributed by atoms with Crippen molar-refractivity contribution < 1.29 is 19.1 Å². The van der Waals surface area contributed by atoms with E-state index >= 15 is 0 Å². The van der Waals surface area contributed by atoms with E-state index in [-0.39, 0.29) is 0 Å². The van der Waals surface area contributed by atoms with Crippen LogP contribution in [0.1, 0.15) is 11.7 Å². The van der Waals surface area contributed by atoms with Crippen molar-refractivity contribution in [2.24, 2.45) is 0 Å². The molecule has 0 bridgehead atoms. The highest BCUT2D eigenvalue weighted by atomic mass is 19.3. The Labute approximate surface area is 104 Å². The van der Waals surface area contributed by atoms with E-state index in [0.29, 0.717) is 18.7 Å². The van der Waals surface area contributed by atoms with Gasteiger partial charge in [-0.3, -0.25) is 0 Å². The molecule has 1 aromatic rings. The minimum absolute atomic E-state index is 0.431. The van der Waals surface area contributed by atoms with Crippen LogP contribution in [0.4, 0.5) is 4.53 Å². The van der Waals surface area contributed by atoms with Crippen LogP contribution in [-0.2, 0) is 14.6 Å². The third-order valence-corrected chi connectivity index (χ3v) is 2.70. The van der Waals surface area contributed by atoms with Crippen molar-refractivity contribution >= 4 is 5.97 Å². The quantitative estimate of drug-likeness (QED) is 0.868. The van der Waals surface area contributed by atoms with Gasteiger partial charge in [-0.15, -0.1) is 5.06 Å². The van der Waals surface area contributed by atoms with Crippen molar-refractivity contribution in [1.29, 1.82) is 0 Å². The van der Waals surface area contributed by atoms with Gasteiger partial charge in [-0.05, 0) is 10.1 Å². The maximum Gasteiger partial charge on any atom is 0.362 e. The molecule has 1 fully saturated rings. The first-order valence-electron chi connectivity index (χ1n) is 5.81. The van der Waals surface area contributed by atoms with E-state index in [0.717, 1.165) is 13.1 Å². The third-order valence-electron chi connectivity index (χ3n) is 2.70. The Hall–Kier alpha value is -1.50. The van der Waals surface area contributed by atoms with Crippen LogP contribution in [0.15, 0.2) is 30.3 Å². The summed E-state index contributed by atoms with van der Waals surface area (Å²) in [7, 11) is 0. The highest BCUT2D eigenvalue weighted by molar-refractivity contribution is 5.76. The van der Waals surface area contributed by atoms with Gasteiger partial charge >= 0.3 is 5.97 Å². The van der Waals surface area contributed by atoms with Crippen LogP contribution < -0.4 is 5.32 Å². The van der Waals surface area contributed by atoms with Crippen LogP contribution in [-0.4, -0.2) is 37.2 Å². The molecule has 18 heavy (non-hydrogen) atoms. The van der Waals surface area contributed by atoms with Gasteiger partial charge in [0, 0.05) is 26.2 Å². The molecule has 0 aliphatic carbocycles. The van der Waals surface area contributed by atoms with E-state index in [2.05, 4.69) is 10.3 Å². The van der Waals surface area contributed by atoms with E-state index in [1.54, 1.807) is 30.3 Å². The summed E-state index contributed by atoms with van der Waals surface area (Å²) in [4.78, 5) is 20.6. The second-order valence-electron chi connectivity index (χ2n) is 3.97. The fourth-order valence-corrected chi connectivity index (χ4v) is 1.76. The summed E-state index contributed by atoms with van der Waals surface area (Å²) in [5, 5.41) is 4.63. The zero-order valence-corrected chi connectivity index (χ0v) is 9.84. The highest BCUT2D eigenvalue weighted by Crippen LogP contribution is 2.19. The molecule has 0 saturated carbocycles. The number of piperazine rings is 1. The van der Waals surface area contributed by atoms with Crippen LogP contribution in [0.25, 0.3) is 0 Å². The van der Waals surface area contributed by atoms with Gasteiger partial charge in [0.15, 0.2) is 0 Å². The molecule has 1 atom stereocenters. The SMILES string of the molecule is O=C(ON1CCNCC1)C(OF)c1ccccc1. The molecule has 98 valence electrons. The number of nitrogens with one attached hydrogen (secondary N) is 1. The summed E-state index contributed by atoms with van der Waals surface area (Å²) in [5.41, 5.74) is 0.431. The standard InChI is InChI=1S/C12H15FN2O3/c13-17-11(10-4-2-1-3-5-10)12(16)18-15-8-6-14-7-9-15/h1-5,11,14H,6-9H2. The van der Waals surface area contributed by atoms with Crippen LogP contribution in [0.5, 0.6) is 0 Å². The lowest BCUT2D eigenvalue weighted by Crippen LogP contribution is -2.44. The van der Waals surface area contributed by atoms with Crippen molar-refractivity contribution in [3.05, 3.63) is 35.9 Å². The normalized spacial score (nSPS) is 18.3. The van der Waals surface area contributed by atoms with E-state index < -0.39 is 12.1 Å². The number of hydrogen-bond acceptors (Lipinski definition) is 5. The first kappa shape index (κ1) is 12.9. The molecule has 1 aromatic carbocycles. The predicted molar refractivity (Wildman–Crippen MR) is 61.9 cm³/mol. The molecule has 5 nitrogen and oxygen atoms in total. The van der Waals surface area contributed by atoms with Crippen molar-refractivity contribution in [3.8, 4) is 0 Å². The zero-order valence-electron chi connectivity index (χ0n) is 9.84. The molecule has 6 heteroatoms. The Balaban J connectivity index is 1.97. The number of nitrogens with zero attached hydrogens (tertiary/aromatic N) is 1. The molecule has 1 saturated heterocycles. The number of hydroxylamine groups is 2. The van der Waals surface area contributed by atoms with Gasteiger partial charge in [-0.1, -0.05) is 30.3 Å². The number of rotatable bonds is 4. The van der Waals surface area contributed by atoms with Crippen LogP contribution in [0, 0.1) is 0 Å². The van der Waals surface area contributed by atoms with E-state index in [1.165, 1.54) is 5.06 Å². The zero-order chi connectivity index (χ0) is 12.8. The summed E-state index contributed by atoms with van der Waals surface area (Å²) in [6, 6.07) is 8.42. The average Bonchev–Trinajstić information content (AvgIpc) is 2.42. The summed E-state index contributed by atoms with van der Waals surface area (Å²) in [5.74, 6) is -0.745. The smallest absolute Gasteiger partial charge is 0.362 e. The first-order valence-corrected chi connectivity index (χ1v) is 5.81. The fourth-order valence-electron chi connectivity index (χ4n) is 1.76. The van der Waals surface area contributed by atoms with Crippen molar-refractivity contribution in [2.75, 3.05) is 26.2 Å². The average molecular weight is 254 g/mol. The lowest BCUT2D eigenvalue weighted by Gasteiger charge is -2.26. The molecule has 1 heterocycles. The second kappa shape index (κ2) is 6.44. The number of carbonyl (C=O) groups is 1. The van der Waals surface area contributed by atoms with Crippen molar-refractivity contribution in [3.63, 3.8) is 0 Å². The Kier molecular flexibility index (Phi) is 4.63. The van der Waals surface area contributed by atoms with E-state index in [1.807, 2.05) is 0 Å². The lowest BCUT2D eigenvalue weighted by molar-refractivity contribution is -0.235. The van der Waals surface area contributed by atoms with Gasteiger partial charge in [-0.2, -0.15) is 4.94 Å². The molecule has 0 aromatic heterocycles. The van der Waals surface area contributed by atoms with Gasteiger partial charge in [-0.25, -0.2) is 4.79 Å². The molecule has 1 unspecified atom stereocenters. The second-order valence-corrected chi connectivity index (χ2v) is 3.97. The number of benzene rings is 1. The largest absolute Gasteiger partial charge is 0.365 e. The lowest BCUT2D eigenvalue weighted by atomic mass is 10.1. The first-order chi connectivity index (χ1) is 8.81. The summed E-state index contributed by atoms with van der Waals surface area (Å²) < 4.78 is 12.5. The monoisotopic (exact) mass is 254 g/mol.